The first-order valence-corrected chi connectivity index (χ1v) is 10.1. The smallest absolute Gasteiger partial charge is 0.211 e. The van der Waals surface area contributed by atoms with E-state index in [0.717, 1.165) is 19.0 Å². The minimum absolute atomic E-state index is 0.109. The molecule has 7 heteroatoms. The molecule has 0 aliphatic carbocycles. The number of nitrogens with one attached hydrogen (secondary N) is 2. The normalized spacial score (nSPS) is 12.2. The van der Waals surface area contributed by atoms with Crippen molar-refractivity contribution < 1.29 is 8.42 Å². The van der Waals surface area contributed by atoms with Crippen molar-refractivity contribution in [1.29, 1.82) is 0 Å². The monoisotopic (exact) mass is 354 g/mol. The van der Waals surface area contributed by atoms with E-state index in [1.807, 2.05) is 26.1 Å². The predicted molar refractivity (Wildman–Crippen MR) is 101 cm³/mol. The van der Waals surface area contributed by atoms with Crippen LogP contribution in [0.1, 0.15) is 31.4 Å². The number of hydrogen-bond acceptors (Lipinski definition) is 3. The average molecular weight is 355 g/mol. The van der Waals surface area contributed by atoms with Crippen molar-refractivity contribution in [2.75, 3.05) is 32.4 Å². The minimum Gasteiger partial charge on any atom is -0.357 e. The topological polar surface area (TPSA) is 73.8 Å². The molecule has 0 atom stereocenters. The molecule has 0 aliphatic heterocycles. The molecule has 6 nitrogen and oxygen atoms in total. The molecular weight excluding hydrogens is 324 g/mol. The first-order valence-electron chi connectivity index (χ1n) is 8.41. The molecule has 0 unspecified atom stereocenters. The van der Waals surface area contributed by atoms with Crippen LogP contribution in [-0.4, -0.2) is 51.7 Å². The van der Waals surface area contributed by atoms with Crippen LogP contribution in [0.25, 0.3) is 0 Å². The molecule has 2 N–H and O–H groups in total. The van der Waals surface area contributed by atoms with Crippen LogP contribution in [0.5, 0.6) is 0 Å². The first kappa shape index (κ1) is 20.4. The molecule has 1 rings (SSSR count). The van der Waals surface area contributed by atoms with E-state index in [2.05, 4.69) is 39.0 Å². The molecular formula is C17H30N4O2S. The average Bonchev–Trinajstić information content (AvgIpc) is 2.55. The molecule has 0 heterocycles. The third-order valence-corrected chi connectivity index (χ3v) is 5.07. The number of aryl methyl sites for hydroxylation is 1. The summed E-state index contributed by atoms with van der Waals surface area (Å²) in [6.07, 6.45) is 0.673. The van der Waals surface area contributed by atoms with Gasteiger partial charge in [-0.3, -0.25) is 4.99 Å². The quantitative estimate of drug-likeness (QED) is 0.402. The molecule has 0 bridgehead atoms. The third kappa shape index (κ3) is 7.31. The maximum atomic E-state index is 11.4. The Labute approximate surface area is 146 Å². The molecule has 0 fully saturated rings. The van der Waals surface area contributed by atoms with Crippen LogP contribution >= 0.6 is 0 Å². The Morgan fingerprint density at radius 1 is 1.25 bits per heavy atom. The lowest BCUT2D eigenvalue weighted by Gasteiger charge is -2.23. The number of hydrogen-bond donors (Lipinski definition) is 2. The van der Waals surface area contributed by atoms with Gasteiger partial charge in [0.05, 0.1) is 5.75 Å². The molecule has 136 valence electrons. The largest absolute Gasteiger partial charge is 0.357 e. The van der Waals surface area contributed by atoms with Crippen LogP contribution in [-0.2, 0) is 16.6 Å². The minimum atomic E-state index is -3.12. The van der Waals surface area contributed by atoms with E-state index >= 15 is 0 Å². The maximum absolute atomic E-state index is 11.4. The van der Waals surface area contributed by atoms with Crippen molar-refractivity contribution in [1.82, 2.24) is 14.9 Å². The third-order valence-electron chi connectivity index (χ3n) is 3.66. The Morgan fingerprint density at radius 2 is 1.96 bits per heavy atom. The SMILES string of the molecule is CCNC(=NCCCNS(=O)(=O)CC)N(C)Cc1ccccc1C. The van der Waals surface area contributed by atoms with E-state index in [9.17, 15) is 8.42 Å². The highest BCUT2D eigenvalue weighted by atomic mass is 32.2. The van der Waals surface area contributed by atoms with Crippen LogP contribution in [0.15, 0.2) is 29.3 Å². The molecule has 1 aromatic rings. The Bertz CT molecular complexity index is 629. The lowest BCUT2D eigenvalue weighted by Crippen LogP contribution is -2.38. The van der Waals surface area contributed by atoms with Gasteiger partial charge >= 0.3 is 0 Å². The summed E-state index contributed by atoms with van der Waals surface area (Å²) in [7, 11) is -1.11. The number of benzene rings is 1. The van der Waals surface area contributed by atoms with Crippen LogP contribution in [0.2, 0.25) is 0 Å². The molecule has 0 spiro atoms. The van der Waals surface area contributed by atoms with Gasteiger partial charge in [-0.1, -0.05) is 24.3 Å². The molecule has 24 heavy (non-hydrogen) atoms. The van der Waals surface area contributed by atoms with Crippen molar-refractivity contribution in [3.05, 3.63) is 35.4 Å². The van der Waals surface area contributed by atoms with Crippen LogP contribution in [0.3, 0.4) is 0 Å². The zero-order chi connectivity index (χ0) is 18.0. The van der Waals surface area contributed by atoms with Gasteiger partial charge in [-0.2, -0.15) is 0 Å². The highest BCUT2D eigenvalue weighted by molar-refractivity contribution is 7.89. The van der Waals surface area contributed by atoms with Gasteiger partial charge < -0.3 is 10.2 Å². The summed E-state index contributed by atoms with van der Waals surface area (Å²) in [6.45, 7) is 8.33. The first-order chi connectivity index (χ1) is 11.4. The second-order valence-electron chi connectivity index (χ2n) is 5.67. The van der Waals surface area contributed by atoms with Crippen molar-refractivity contribution >= 4 is 16.0 Å². The van der Waals surface area contributed by atoms with Gasteiger partial charge in [0.25, 0.3) is 0 Å². The van der Waals surface area contributed by atoms with E-state index in [-0.39, 0.29) is 5.75 Å². The van der Waals surface area contributed by atoms with Crippen LogP contribution in [0.4, 0.5) is 0 Å². The molecule has 1 aromatic carbocycles. The number of aliphatic imine (C=N–C) groups is 1. The van der Waals surface area contributed by atoms with Gasteiger partial charge in [0.2, 0.25) is 10.0 Å². The fourth-order valence-electron chi connectivity index (χ4n) is 2.18. The molecule has 0 radical (unpaired) electrons. The van der Waals surface area contributed by atoms with Crippen LogP contribution in [0, 0.1) is 6.92 Å². The molecule has 0 saturated heterocycles. The van der Waals surface area contributed by atoms with E-state index in [4.69, 9.17) is 0 Å². The highest BCUT2D eigenvalue weighted by Gasteiger charge is 2.08. The second-order valence-corrected chi connectivity index (χ2v) is 7.77. The lowest BCUT2D eigenvalue weighted by molar-refractivity contribution is 0.475. The van der Waals surface area contributed by atoms with E-state index in [1.165, 1.54) is 11.1 Å². The number of nitrogens with zero attached hydrogens (tertiary/aromatic N) is 2. The fourth-order valence-corrected chi connectivity index (χ4v) is 2.84. The lowest BCUT2D eigenvalue weighted by atomic mass is 10.1. The van der Waals surface area contributed by atoms with E-state index in [1.54, 1.807) is 6.92 Å². The van der Waals surface area contributed by atoms with Gasteiger partial charge in [0.15, 0.2) is 5.96 Å². The zero-order valence-electron chi connectivity index (χ0n) is 15.2. The summed E-state index contributed by atoms with van der Waals surface area (Å²) in [5.41, 5.74) is 2.52. The predicted octanol–water partition coefficient (Wildman–Crippen LogP) is 1.72. The summed E-state index contributed by atoms with van der Waals surface area (Å²) in [6, 6.07) is 8.30. The molecule has 0 amide bonds. The summed E-state index contributed by atoms with van der Waals surface area (Å²) >= 11 is 0. The summed E-state index contributed by atoms with van der Waals surface area (Å²) < 4.78 is 25.3. The Balaban J connectivity index is 2.57. The van der Waals surface area contributed by atoms with Crippen molar-refractivity contribution in [3.63, 3.8) is 0 Å². The zero-order valence-corrected chi connectivity index (χ0v) is 16.0. The standard InChI is InChI=1S/C17H30N4O2S/c1-5-18-17(19-12-9-13-20-24(22,23)6-2)21(4)14-16-11-8-7-10-15(16)3/h7-8,10-11,20H,5-6,9,12-14H2,1-4H3,(H,18,19). The fraction of sp³-hybridized carbons (Fsp3) is 0.588. The van der Waals surface area contributed by atoms with Crippen molar-refractivity contribution in [2.45, 2.75) is 33.7 Å². The molecule has 0 aromatic heterocycles. The number of guanidine groups is 1. The van der Waals surface area contributed by atoms with Crippen LogP contribution < -0.4 is 10.0 Å². The summed E-state index contributed by atoms with van der Waals surface area (Å²) in [5.74, 6) is 0.942. The number of sulfonamides is 1. The molecule has 0 aliphatic rings. The van der Waals surface area contributed by atoms with Crippen molar-refractivity contribution in [2.24, 2.45) is 4.99 Å². The van der Waals surface area contributed by atoms with Crippen molar-refractivity contribution in [3.8, 4) is 0 Å². The van der Waals surface area contributed by atoms with E-state index in [0.29, 0.717) is 19.5 Å². The van der Waals surface area contributed by atoms with Gasteiger partial charge in [0.1, 0.15) is 0 Å². The highest BCUT2D eigenvalue weighted by Crippen LogP contribution is 2.09. The maximum Gasteiger partial charge on any atom is 0.211 e. The Kier molecular flexibility index (Phi) is 8.78. The second kappa shape index (κ2) is 10.3. The van der Waals surface area contributed by atoms with Gasteiger partial charge in [-0.05, 0) is 38.3 Å². The Morgan fingerprint density at radius 3 is 2.58 bits per heavy atom. The number of rotatable bonds is 9. The van der Waals surface area contributed by atoms with Gasteiger partial charge in [-0.15, -0.1) is 0 Å². The summed E-state index contributed by atoms with van der Waals surface area (Å²) in [4.78, 5) is 6.67. The summed E-state index contributed by atoms with van der Waals surface area (Å²) in [5, 5.41) is 3.28. The van der Waals surface area contributed by atoms with Gasteiger partial charge in [0, 0.05) is 33.2 Å². The van der Waals surface area contributed by atoms with E-state index < -0.39 is 10.0 Å². The molecule has 0 saturated carbocycles. The Hall–Kier alpha value is -1.60. The van der Waals surface area contributed by atoms with Gasteiger partial charge in [-0.25, -0.2) is 13.1 Å².